The number of phenols is 1. The maximum atomic E-state index is 9.29. The minimum absolute atomic E-state index is 0.186. The normalized spacial score (nSPS) is 11.8. The molecule has 0 aliphatic heterocycles. The first-order valence-electron chi connectivity index (χ1n) is 10.2. The van der Waals surface area contributed by atoms with Crippen molar-refractivity contribution in [1.29, 1.82) is 0 Å². The van der Waals surface area contributed by atoms with Gasteiger partial charge in [-0.1, -0.05) is 42.0 Å². The summed E-state index contributed by atoms with van der Waals surface area (Å²) in [7, 11) is 0. The first kappa shape index (κ1) is 23.6. The van der Waals surface area contributed by atoms with Gasteiger partial charge in [-0.15, -0.1) is 0 Å². The lowest BCUT2D eigenvalue weighted by atomic mass is 10.1. The molecule has 33 heavy (non-hydrogen) atoms. The summed E-state index contributed by atoms with van der Waals surface area (Å²) in [6.07, 6.45) is 3.05. The highest BCUT2D eigenvalue weighted by atomic mass is 32.1. The molecule has 0 saturated heterocycles. The van der Waals surface area contributed by atoms with Crippen molar-refractivity contribution < 1.29 is 5.11 Å². The molecule has 0 fully saturated rings. The summed E-state index contributed by atoms with van der Waals surface area (Å²) in [5.74, 6) is 0.527. The van der Waals surface area contributed by atoms with Gasteiger partial charge in [0.25, 0.3) is 0 Å². The Labute approximate surface area is 198 Å². The number of thiocarbonyl (C=S) groups is 1. The average Bonchev–Trinajstić information content (AvgIpc) is 2.78. The number of nitrogens with zero attached hydrogens (tertiary/aromatic N) is 3. The van der Waals surface area contributed by atoms with Crippen LogP contribution in [0.15, 0.2) is 75.7 Å². The lowest BCUT2D eigenvalue weighted by Crippen LogP contribution is -2.24. The van der Waals surface area contributed by atoms with E-state index in [2.05, 4.69) is 44.9 Å². The van der Waals surface area contributed by atoms with Crippen molar-refractivity contribution in [3.05, 3.63) is 88.5 Å². The number of rotatable bonds is 6. The summed E-state index contributed by atoms with van der Waals surface area (Å²) in [6, 6.07) is 18.2. The molecule has 0 aliphatic carbocycles. The fourth-order valence-electron chi connectivity index (χ4n) is 3.20. The number of nitrogens with two attached hydrogens (primary N) is 1. The highest BCUT2D eigenvalue weighted by Crippen LogP contribution is 2.21. The molecule has 0 unspecified atom stereocenters. The zero-order valence-corrected chi connectivity index (χ0v) is 19.5. The Bertz CT molecular complexity index is 1190. The lowest BCUT2D eigenvalue weighted by molar-refractivity contribution is 0.475. The molecule has 7 nitrogen and oxygen atoms in total. The quantitative estimate of drug-likeness (QED) is 0.185. The number of hydrazone groups is 1. The molecule has 3 aromatic rings. The van der Waals surface area contributed by atoms with Crippen LogP contribution in [0.3, 0.4) is 0 Å². The third kappa shape index (κ3) is 6.98. The van der Waals surface area contributed by atoms with Crippen molar-refractivity contribution in [3.8, 4) is 5.75 Å². The number of hydrogen-bond donors (Lipinski definition) is 4. The zero-order chi connectivity index (χ0) is 23.8. The van der Waals surface area contributed by atoms with Crippen LogP contribution in [0.2, 0.25) is 0 Å². The van der Waals surface area contributed by atoms with Gasteiger partial charge in [0, 0.05) is 11.3 Å². The number of amidine groups is 1. The van der Waals surface area contributed by atoms with Crippen molar-refractivity contribution >= 4 is 47.1 Å². The second-order valence-corrected chi connectivity index (χ2v) is 7.90. The molecular formula is C25H26N6OS. The van der Waals surface area contributed by atoms with Gasteiger partial charge in [0.15, 0.2) is 5.11 Å². The van der Waals surface area contributed by atoms with E-state index in [0.29, 0.717) is 16.6 Å². The Balaban J connectivity index is 1.55. The van der Waals surface area contributed by atoms with E-state index < -0.39 is 0 Å². The van der Waals surface area contributed by atoms with Crippen LogP contribution in [0.4, 0.5) is 11.4 Å². The largest absolute Gasteiger partial charge is 0.508 e. The van der Waals surface area contributed by atoms with Gasteiger partial charge in [-0.05, 0) is 73.9 Å². The summed E-state index contributed by atoms with van der Waals surface area (Å²) < 4.78 is 0. The lowest BCUT2D eigenvalue weighted by Gasteiger charge is -2.13. The van der Waals surface area contributed by atoms with Gasteiger partial charge in [0.2, 0.25) is 0 Å². The summed E-state index contributed by atoms with van der Waals surface area (Å²) in [5.41, 5.74) is 15.6. The van der Waals surface area contributed by atoms with Crippen LogP contribution in [0.25, 0.3) is 0 Å². The molecule has 0 atom stereocenters. The fourth-order valence-corrected chi connectivity index (χ4v) is 3.35. The van der Waals surface area contributed by atoms with E-state index in [9.17, 15) is 5.11 Å². The van der Waals surface area contributed by atoms with Crippen molar-refractivity contribution in [1.82, 2.24) is 5.43 Å². The van der Waals surface area contributed by atoms with E-state index in [4.69, 9.17) is 18.0 Å². The summed E-state index contributed by atoms with van der Waals surface area (Å²) in [5, 5.41) is 17.1. The molecule has 0 saturated carbocycles. The molecule has 168 valence electrons. The molecule has 8 heteroatoms. The van der Waals surface area contributed by atoms with Gasteiger partial charge in [0.1, 0.15) is 17.9 Å². The molecule has 0 radical (unpaired) electrons. The predicted octanol–water partition coefficient (Wildman–Crippen LogP) is 4.70. The van der Waals surface area contributed by atoms with Crippen LogP contribution in [0, 0.1) is 20.8 Å². The standard InChI is InChI=1S/C25H26N6OS/c1-16-12-17(2)23(18(3)13-16)30-25(33)31-29-14-19-4-6-20(7-5-19)24(26)28-15-27-21-8-10-22(32)11-9-21/h4-15,32H,1-3H3,(H2,26,27,28)(H2,30,31,33)/b29-14+. The van der Waals surface area contributed by atoms with Crippen LogP contribution < -0.4 is 16.5 Å². The summed E-state index contributed by atoms with van der Waals surface area (Å²) in [4.78, 5) is 8.34. The van der Waals surface area contributed by atoms with Crippen LogP contribution >= 0.6 is 12.2 Å². The van der Waals surface area contributed by atoms with Gasteiger partial charge in [-0.3, -0.25) is 5.43 Å². The molecule has 0 aromatic heterocycles. The number of benzene rings is 3. The first-order chi connectivity index (χ1) is 15.8. The number of nitrogens with one attached hydrogen (secondary N) is 2. The van der Waals surface area contributed by atoms with Crippen molar-refractivity contribution in [2.24, 2.45) is 20.8 Å². The second kappa shape index (κ2) is 11.0. The van der Waals surface area contributed by atoms with Crippen LogP contribution in [-0.4, -0.2) is 28.6 Å². The van der Waals surface area contributed by atoms with Gasteiger partial charge in [0.05, 0.1) is 11.9 Å². The van der Waals surface area contributed by atoms with Gasteiger partial charge in [-0.2, -0.15) is 5.10 Å². The maximum Gasteiger partial charge on any atom is 0.191 e. The van der Waals surface area contributed by atoms with E-state index in [0.717, 1.165) is 27.9 Å². The Morgan fingerprint density at radius 2 is 1.61 bits per heavy atom. The monoisotopic (exact) mass is 458 g/mol. The Hall–Kier alpha value is -4.04. The molecule has 3 rings (SSSR count). The van der Waals surface area contributed by atoms with E-state index in [1.165, 1.54) is 11.9 Å². The number of aromatic hydroxyl groups is 1. The Morgan fingerprint density at radius 3 is 2.24 bits per heavy atom. The van der Waals surface area contributed by atoms with Crippen molar-refractivity contribution in [2.75, 3.05) is 5.32 Å². The average molecular weight is 459 g/mol. The number of hydrogen-bond acceptors (Lipinski definition) is 4. The van der Waals surface area contributed by atoms with Crippen LogP contribution in [0.1, 0.15) is 27.8 Å². The minimum Gasteiger partial charge on any atom is -0.508 e. The maximum absolute atomic E-state index is 9.29. The van der Waals surface area contributed by atoms with E-state index >= 15 is 0 Å². The van der Waals surface area contributed by atoms with E-state index in [1.807, 2.05) is 38.1 Å². The Kier molecular flexibility index (Phi) is 7.88. The molecular weight excluding hydrogens is 432 g/mol. The van der Waals surface area contributed by atoms with Gasteiger partial charge < -0.3 is 16.2 Å². The Morgan fingerprint density at radius 1 is 0.970 bits per heavy atom. The van der Waals surface area contributed by atoms with Crippen molar-refractivity contribution in [3.63, 3.8) is 0 Å². The first-order valence-corrected chi connectivity index (χ1v) is 10.7. The van der Waals surface area contributed by atoms with E-state index in [-0.39, 0.29) is 5.75 Å². The van der Waals surface area contributed by atoms with Gasteiger partial charge in [-0.25, -0.2) is 9.98 Å². The van der Waals surface area contributed by atoms with Gasteiger partial charge >= 0.3 is 0 Å². The fraction of sp³-hybridized carbons (Fsp3) is 0.120. The molecule has 0 bridgehead atoms. The van der Waals surface area contributed by atoms with Crippen molar-refractivity contribution in [2.45, 2.75) is 20.8 Å². The highest BCUT2D eigenvalue weighted by molar-refractivity contribution is 7.80. The topological polar surface area (TPSA) is 107 Å². The number of phenolic OH excluding ortho intramolecular Hbond substituents is 1. The summed E-state index contributed by atoms with van der Waals surface area (Å²) in [6.45, 7) is 6.16. The zero-order valence-electron chi connectivity index (χ0n) is 18.7. The second-order valence-electron chi connectivity index (χ2n) is 7.50. The van der Waals surface area contributed by atoms with E-state index in [1.54, 1.807) is 30.5 Å². The minimum atomic E-state index is 0.186. The highest BCUT2D eigenvalue weighted by Gasteiger charge is 2.05. The smallest absolute Gasteiger partial charge is 0.191 e. The molecule has 3 aromatic carbocycles. The van der Waals surface area contributed by atoms with Crippen LogP contribution in [-0.2, 0) is 0 Å². The number of anilines is 1. The predicted molar refractivity (Wildman–Crippen MR) is 141 cm³/mol. The SMILES string of the molecule is Cc1cc(C)c(NC(=S)N/N=C/c2ccc(C(N)=NC=Nc3ccc(O)cc3)cc2)c(C)c1. The molecule has 0 spiro atoms. The summed E-state index contributed by atoms with van der Waals surface area (Å²) >= 11 is 5.35. The number of aryl methyl sites for hydroxylation is 3. The molecule has 0 heterocycles. The molecule has 5 N–H and O–H groups in total. The van der Waals surface area contributed by atoms with Crippen LogP contribution in [0.5, 0.6) is 5.75 Å². The third-order valence-corrected chi connectivity index (χ3v) is 4.95. The number of aliphatic imine (C=N–C) groups is 2. The molecule has 0 aliphatic rings. The molecule has 0 amide bonds. The third-order valence-electron chi connectivity index (χ3n) is 4.76.